The summed E-state index contributed by atoms with van der Waals surface area (Å²) >= 11 is 0. The van der Waals surface area contributed by atoms with E-state index >= 15 is 0 Å². The van der Waals surface area contributed by atoms with Crippen molar-refractivity contribution in [2.75, 3.05) is 13.2 Å². The topological polar surface area (TPSA) is 71.2 Å². The van der Waals surface area contributed by atoms with Crippen LogP contribution in [-0.2, 0) is 4.74 Å². The van der Waals surface area contributed by atoms with Gasteiger partial charge in [0.05, 0.1) is 6.10 Å². The molecule has 5 nitrogen and oxygen atoms in total. The summed E-state index contributed by atoms with van der Waals surface area (Å²) in [5.74, 6) is -0.136. The van der Waals surface area contributed by atoms with Crippen molar-refractivity contribution in [1.82, 2.24) is 10.3 Å². The molecular weight excluding hydrogens is 304 g/mol. The van der Waals surface area contributed by atoms with Crippen LogP contribution in [0.3, 0.4) is 0 Å². The maximum Gasteiger partial charge on any atom is 0.260 e. The number of carbonyl (C=O) groups is 1. The van der Waals surface area contributed by atoms with Crippen LogP contribution in [0.2, 0.25) is 0 Å². The summed E-state index contributed by atoms with van der Waals surface area (Å²) in [5.41, 5.74) is 1.66. The first-order valence-electron chi connectivity index (χ1n) is 8.30. The van der Waals surface area contributed by atoms with Gasteiger partial charge in [-0.25, -0.2) is 0 Å². The quantitative estimate of drug-likeness (QED) is 0.907. The van der Waals surface area contributed by atoms with Gasteiger partial charge in [-0.2, -0.15) is 0 Å². The minimum Gasteiger partial charge on any atom is -0.373 e. The number of benzene rings is 1. The Morgan fingerprint density at radius 1 is 1.25 bits per heavy atom. The van der Waals surface area contributed by atoms with E-state index < -0.39 is 0 Å². The normalized spacial score (nSPS) is 20.5. The molecule has 0 aliphatic carbocycles. The summed E-state index contributed by atoms with van der Waals surface area (Å²) in [6, 6.07) is 13.4. The maximum absolute atomic E-state index is 12.3. The predicted octanol–water partition coefficient (Wildman–Crippen LogP) is 2.58. The lowest BCUT2D eigenvalue weighted by atomic mass is 9.89. The van der Waals surface area contributed by atoms with Gasteiger partial charge in [-0.05, 0) is 37.5 Å². The molecule has 2 atom stereocenters. The van der Waals surface area contributed by atoms with Crippen LogP contribution < -0.4 is 10.9 Å². The lowest BCUT2D eigenvalue weighted by molar-refractivity contribution is -0.0272. The van der Waals surface area contributed by atoms with Crippen molar-refractivity contribution < 1.29 is 9.53 Å². The van der Waals surface area contributed by atoms with E-state index in [-0.39, 0.29) is 29.1 Å². The van der Waals surface area contributed by atoms with Crippen molar-refractivity contribution in [3.8, 4) is 0 Å². The van der Waals surface area contributed by atoms with Crippen molar-refractivity contribution >= 4 is 5.91 Å². The Morgan fingerprint density at radius 2 is 2.04 bits per heavy atom. The van der Waals surface area contributed by atoms with Crippen LogP contribution in [-0.4, -0.2) is 24.0 Å². The molecule has 2 aromatic rings. The molecule has 126 valence electrons. The van der Waals surface area contributed by atoms with Gasteiger partial charge in [0.1, 0.15) is 5.56 Å². The van der Waals surface area contributed by atoms with Gasteiger partial charge in [-0.1, -0.05) is 30.3 Å². The smallest absolute Gasteiger partial charge is 0.260 e. The second-order valence-electron chi connectivity index (χ2n) is 6.20. The first-order valence-corrected chi connectivity index (χ1v) is 8.30. The van der Waals surface area contributed by atoms with E-state index in [9.17, 15) is 9.59 Å². The van der Waals surface area contributed by atoms with Gasteiger partial charge in [-0.15, -0.1) is 0 Å². The zero-order chi connectivity index (χ0) is 16.9. The molecule has 5 heteroatoms. The number of hydrogen-bond donors (Lipinski definition) is 2. The monoisotopic (exact) mass is 326 g/mol. The number of aromatic nitrogens is 1. The second kappa shape index (κ2) is 7.45. The van der Waals surface area contributed by atoms with Crippen LogP contribution in [0.1, 0.15) is 40.6 Å². The number of H-pyrrole nitrogens is 1. The van der Waals surface area contributed by atoms with Crippen molar-refractivity contribution in [3.05, 3.63) is 69.6 Å². The van der Waals surface area contributed by atoms with Crippen LogP contribution in [0.5, 0.6) is 0 Å². The summed E-state index contributed by atoms with van der Waals surface area (Å²) in [4.78, 5) is 26.8. The van der Waals surface area contributed by atoms with Crippen molar-refractivity contribution in [2.24, 2.45) is 5.92 Å². The highest BCUT2D eigenvalue weighted by Crippen LogP contribution is 2.33. The first-order chi connectivity index (χ1) is 11.6. The van der Waals surface area contributed by atoms with E-state index in [2.05, 4.69) is 22.4 Å². The number of carbonyl (C=O) groups excluding carboxylic acids is 1. The zero-order valence-corrected chi connectivity index (χ0v) is 13.7. The van der Waals surface area contributed by atoms with Gasteiger partial charge in [0.15, 0.2) is 0 Å². The number of ether oxygens (including phenoxy) is 1. The highest BCUT2D eigenvalue weighted by atomic mass is 16.5. The predicted molar refractivity (Wildman–Crippen MR) is 92.0 cm³/mol. The molecule has 1 aromatic carbocycles. The van der Waals surface area contributed by atoms with Gasteiger partial charge < -0.3 is 15.0 Å². The van der Waals surface area contributed by atoms with E-state index in [1.807, 2.05) is 18.2 Å². The Labute approximate surface area is 141 Å². The lowest BCUT2D eigenvalue weighted by Gasteiger charge is -2.32. The summed E-state index contributed by atoms with van der Waals surface area (Å²) in [5, 5.41) is 2.89. The molecule has 2 heterocycles. The second-order valence-corrected chi connectivity index (χ2v) is 6.20. The zero-order valence-electron chi connectivity index (χ0n) is 13.7. The third kappa shape index (κ3) is 3.74. The van der Waals surface area contributed by atoms with E-state index in [0.717, 1.165) is 30.7 Å². The molecule has 0 saturated carbocycles. The number of nitrogens with one attached hydrogen (secondary N) is 2. The molecule has 3 rings (SSSR count). The average molecular weight is 326 g/mol. The Kier molecular flexibility index (Phi) is 5.11. The van der Waals surface area contributed by atoms with Crippen molar-refractivity contribution in [2.45, 2.75) is 25.9 Å². The van der Waals surface area contributed by atoms with Crippen LogP contribution in [0.25, 0.3) is 0 Å². The van der Waals surface area contributed by atoms with Crippen molar-refractivity contribution in [3.63, 3.8) is 0 Å². The van der Waals surface area contributed by atoms with Gasteiger partial charge in [0, 0.05) is 24.8 Å². The molecule has 0 radical (unpaired) electrons. The molecule has 1 amide bonds. The van der Waals surface area contributed by atoms with Gasteiger partial charge in [-0.3, -0.25) is 9.59 Å². The molecule has 24 heavy (non-hydrogen) atoms. The number of pyridine rings is 1. The van der Waals surface area contributed by atoms with E-state index in [1.165, 1.54) is 0 Å². The number of aryl methyl sites for hydroxylation is 1. The summed E-state index contributed by atoms with van der Waals surface area (Å²) in [6.07, 6.45) is 1.95. The number of aromatic amines is 1. The molecule has 1 aliphatic heterocycles. The van der Waals surface area contributed by atoms with Crippen LogP contribution in [0.4, 0.5) is 0 Å². The molecule has 1 aromatic heterocycles. The molecule has 0 spiro atoms. The minimum absolute atomic E-state index is 0.0171. The fourth-order valence-electron chi connectivity index (χ4n) is 3.13. The standard InChI is InChI=1S/C19H22N2O3/c1-13-9-10-16(19(23)21-13)18(22)20-12-15-8-5-11-24-17(15)14-6-3-2-4-7-14/h2-4,6-7,9-10,15,17H,5,8,11-12H2,1H3,(H,20,22)(H,21,23)/t15-,17-/m1/s1. The fraction of sp³-hybridized carbons (Fsp3) is 0.368. The summed E-state index contributed by atoms with van der Waals surface area (Å²) in [6.45, 7) is 3.01. The third-order valence-electron chi connectivity index (χ3n) is 4.40. The number of rotatable bonds is 4. The first kappa shape index (κ1) is 16.5. The van der Waals surface area contributed by atoms with Crippen LogP contribution in [0, 0.1) is 12.8 Å². The Bertz CT molecular complexity index is 755. The SMILES string of the molecule is Cc1ccc(C(=O)NC[C@H]2CCCO[C@@H]2c2ccccc2)c(=O)[nH]1. The van der Waals surface area contributed by atoms with Crippen LogP contribution in [0.15, 0.2) is 47.3 Å². The Hall–Kier alpha value is -2.40. The number of hydrogen-bond acceptors (Lipinski definition) is 3. The Morgan fingerprint density at radius 3 is 2.79 bits per heavy atom. The summed E-state index contributed by atoms with van der Waals surface area (Å²) < 4.78 is 5.93. The van der Waals surface area contributed by atoms with E-state index in [0.29, 0.717) is 6.54 Å². The van der Waals surface area contributed by atoms with Gasteiger partial charge in [0.2, 0.25) is 0 Å². The summed E-state index contributed by atoms with van der Waals surface area (Å²) in [7, 11) is 0. The molecule has 2 N–H and O–H groups in total. The van der Waals surface area contributed by atoms with Crippen LogP contribution >= 0.6 is 0 Å². The van der Waals surface area contributed by atoms with Gasteiger partial charge in [0.25, 0.3) is 11.5 Å². The average Bonchev–Trinajstić information content (AvgIpc) is 2.61. The minimum atomic E-state index is -0.355. The molecule has 1 fully saturated rings. The fourth-order valence-corrected chi connectivity index (χ4v) is 3.13. The molecular formula is C19H22N2O3. The van der Waals surface area contributed by atoms with Gasteiger partial charge >= 0.3 is 0 Å². The van der Waals surface area contributed by atoms with Crippen molar-refractivity contribution in [1.29, 1.82) is 0 Å². The molecule has 0 bridgehead atoms. The third-order valence-corrected chi connectivity index (χ3v) is 4.40. The highest BCUT2D eigenvalue weighted by molar-refractivity contribution is 5.93. The lowest BCUT2D eigenvalue weighted by Crippen LogP contribution is -2.37. The maximum atomic E-state index is 12.3. The Balaban J connectivity index is 1.68. The number of amides is 1. The largest absolute Gasteiger partial charge is 0.373 e. The molecule has 1 saturated heterocycles. The van der Waals surface area contributed by atoms with E-state index in [4.69, 9.17) is 4.74 Å². The highest BCUT2D eigenvalue weighted by Gasteiger charge is 2.28. The molecule has 1 aliphatic rings. The van der Waals surface area contributed by atoms with E-state index in [1.54, 1.807) is 19.1 Å². The molecule has 0 unspecified atom stereocenters.